The Morgan fingerprint density at radius 2 is 2.07 bits per heavy atom. The maximum atomic E-state index is 10.6. The summed E-state index contributed by atoms with van der Waals surface area (Å²) in [6.07, 6.45) is 4.02. The van der Waals surface area contributed by atoms with Crippen LogP contribution in [0, 0.1) is 0 Å². The third kappa shape index (κ3) is 1.39. The number of hydrogen-bond donors (Lipinski definition) is 0. The van der Waals surface area contributed by atoms with Gasteiger partial charge >= 0.3 is 0 Å². The fraction of sp³-hybridized carbons (Fsp3) is 0.111. The fourth-order valence-electron chi connectivity index (χ4n) is 1.13. The number of aromatic nitrogens is 4. The maximum absolute atomic E-state index is 10.6. The van der Waals surface area contributed by atoms with E-state index >= 15 is 0 Å². The minimum Gasteiger partial charge on any atom is -0.296 e. The molecule has 2 rings (SSSR count). The number of aryl methyl sites for hydroxylation is 1. The molecule has 0 spiro atoms. The van der Waals surface area contributed by atoms with Crippen LogP contribution in [0.25, 0.3) is 11.5 Å². The van der Waals surface area contributed by atoms with E-state index in [1.807, 2.05) is 0 Å². The van der Waals surface area contributed by atoms with Gasteiger partial charge in [-0.25, -0.2) is 9.97 Å². The van der Waals surface area contributed by atoms with Crippen LogP contribution in [0.1, 0.15) is 10.5 Å². The minimum atomic E-state index is 0.507. The van der Waals surface area contributed by atoms with Gasteiger partial charge in [-0.2, -0.15) is 5.10 Å². The second kappa shape index (κ2) is 3.37. The second-order valence-corrected chi connectivity index (χ2v) is 2.77. The highest BCUT2D eigenvalue weighted by molar-refractivity contribution is 5.74. The van der Waals surface area contributed by atoms with Crippen LogP contribution in [0.5, 0.6) is 0 Å². The molecule has 2 aromatic rings. The highest BCUT2D eigenvalue weighted by Gasteiger charge is 2.07. The lowest BCUT2D eigenvalue weighted by Gasteiger charge is -1.91. The first-order chi connectivity index (χ1) is 6.81. The fourth-order valence-corrected chi connectivity index (χ4v) is 1.13. The summed E-state index contributed by atoms with van der Waals surface area (Å²) in [5.74, 6) is 0.524. The standard InChI is InChI=1S/C9H8N4O/c1-13-7(6-14)5-8(12-13)9-10-3-2-4-11-9/h2-6H,1H3. The summed E-state index contributed by atoms with van der Waals surface area (Å²) in [4.78, 5) is 18.6. The van der Waals surface area contributed by atoms with Crippen LogP contribution in [0.2, 0.25) is 0 Å². The third-order valence-electron chi connectivity index (χ3n) is 1.83. The molecule has 2 aromatic heterocycles. The van der Waals surface area contributed by atoms with Gasteiger partial charge in [0.1, 0.15) is 11.4 Å². The van der Waals surface area contributed by atoms with Crippen LogP contribution in [0.3, 0.4) is 0 Å². The Kier molecular flexibility index (Phi) is 2.06. The molecule has 5 nitrogen and oxygen atoms in total. The number of aldehydes is 1. The van der Waals surface area contributed by atoms with E-state index < -0.39 is 0 Å². The molecule has 0 aliphatic carbocycles. The molecule has 0 bridgehead atoms. The Bertz CT molecular complexity index is 449. The summed E-state index contributed by atoms with van der Waals surface area (Å²) in [6, 6.07) is 3.38. The van der Waals surface area contributed by atoms with Gasteiger partial charge in [0.2, 0.25) is 0 Å². The molecule has 0 N–H and O–H groups in total. The zero-order chi connectivity index (χ0) is 9.97. The first kappa shape index (κ1) is 8.55. The molecule has 0 aliphatic rings. The maximum Gasteiger partial charge on any atom is 0.180 e. The minimum absolute atomic E-state index is 0.507. The predicted octanol–water partition coefficient (Wildman–Crippen LogP) is 0.690. The SMILES string of the molecule is Cn1nc(-c2ncccn2)cc1C=O. The van der Waals surface area contributed by atoms with Crippen LogP contribution in [0.15, 0.2) is 24.5 Å². The van der Waals surface area contributed by atoms with Crippen molar-refractivity contribution >= 4 is 6.29 Å². The number of carbonyl (C=O) groups excluding carboxylic acids is 1. The van der Waals surface area contributed by atoms with Crippen molar-refractivity contribution in [2.24, 2.45) is 7.05 Å². The van der Waals surface area contributed by atoms with Crippen molar-refractivity contribution in [2.75, 3.05) is 0 Å². The zero-order valence-corrected chi connectivity index (χ0v) is 7.58. The van der Waals surface area contributed by atoms with E-state index in [-0.39, 0.29) is 0 Å². The van der Waals surface area contributed by atoms with Crippen molar-refractivity contribution in [3.8, 4) is 11.5 Å². The zero-order valence-electron chi connectivity index (χ0n) is 7.58. The average molecular weight is 188 g/mol. The Morgan fingerprint density at radius 3 is 2.64 bits per heavy atom. The summed E-state index contributed by atoms with van der Waals surface area (Å²) in [5.41, 5.74) is 1.11. The molecule has 0 radical (unpaired) electrons. The van der Waals surface area contributed by atoms with E-state index in [1.54, 1.807) is 31.6 Å². The van der Waals surface area contributed by atoms with Crippen molar-refractivity contribution in [1.29, 1.82) is 0 Å². The molecule has 0 aliphatic heterocycles. The largest absolute Gasteiger partial charge is 0.296 e. The molecule has 0 amide bonds. The second-order valence-electron chi connectivity index (χ2n) is 2.77. The lowest BCUT2D eigenvalue weighted by atomic mass is 10.3. The van der Waals surface area contributed by atoms with Crippen molar-refractivity contribution in [2.45, 2.75) is 0 Å². The highest BCUT2D eigenvalue weighted by Crippen LogP contribution is 2.11. The molecule has 70 valence electrons. The lowest BCUT2D eigenvalue weighted by Crippen LogP contribution is -1.96. The molecule has 0 atom stereocenters. The highest BCUT2D eigenvalue weighted by atomic mass is 16.1. The first-order valence-electron chi connectivity index (χ1n) is 4.08. The van der Waals surface area contributed by atoms with Crippen molar-refractivity contribution < 1.29 is 4.79 Å². The van der Waals surface area contributed by atoms with Gasteiger partial charge < -0.3 is 0 Å². The van der Waals surface area contributed by atoms with E-state index in [4.69, 9.17) is 0 Å². The summed E-state index contributed by atoms with van der Waals surface area (Å²) >= 11 is 0. The molecule has 0 aromatic carbocycles. The van der Waals surface area contributed by atoms with Crippen LogP contribution in [0.4, 0.5) is 0 Å². The Morgan fingerprint density at radius 1 is 1.36 bits per heavy atom. The Hall–Kier alpha value is -2.04. The molecule has 0 saturated heterocycles. The molecule has 0 saturated carbocycles. The molecule has 5 heteroatoms. The summed E-state index contributed by atoms with van der Waals surface area (Å²) in [5, 5.41) is 4.11. The first-order valence-corrected chi connectivity index (χ1v) is 4.08. The smallest absolute Gasteiger partial charge is 0.180 e. The number of hydrogen-bond acceptors (Lipinski definition) is 4. The number of carbonyl (C=O) groups is 1. The van der Waals surface area contributed by atoms with Gasteiger partial charge in [-0.1, -0.05) is 0 Å². The molecule has 14 heavy (non-hydrogen) atoms. The van der Waals surface area contributed by atoms with Gasteiger partial charge in [-0.05, 0) is 12.1 Å². The molecule has 0 unspecified atom stereocenters. The van der Waals surface area contributed by atoms with E-state index in [2.05, 4.69) is 15.1 Å². The summed E-state index contributed by atoms with van der Waals surface area (Å²) < 4.78 is 1.50. The van der Waals surface area contributed by atoms with Crippen LogP contribution >= 0.6 is 0 Å². The monoisotopic (exact) mass is 188 g/mol. The van der Waals surface area contributed by atoms with Crippen LogP contribution in [-0.2, 0) is 7.05 Å². The normalized spacial score (nSPS) is 10.1. The number of rotatable bonds is 2. The lowest BCUT2D eigenvalue weighted by molar-refractivity contribution is 0.111. The quantitative estimate of drug-likeness (QED) is 0.650. The van der Waals surface area contributed by atoms with Crippen molar-refractivity contribution in [3.05, 3.63) is 30.2 Å². The average Bonchev–Trinajstić information content (AvgIpc) is 2.61. The predicted molar refractivity (Wildman–Crippen MR) is 49.6 cm³/mol. The Labute approximate surface area is 80.4 Å². The molecular weight excluding hydrogens is 180 g/mol. The van der Waals surface area contributed by atoms with Crippen molar-refractivity contribution in [1.82, 2.24) is 19.7 Å². The van der Waals surface area contributed by atoms with Gasteiger partial charge in [0, 0.05) is 19.4 Å². The summed E-state index contributed by atoms with van der Waals surface area (Å²) in [7, 11) is 1.70. The van der Waals surface area contributed by atoms with Gasteiger partial charge in [-0.15, -0.1) is 0 Å². The van der Waals surface area contributed by atoms with E-state index in [0.717, 1.165) is 6.29 Å². The topological polar surface area (TPSA) is 60.7 Å². The van der Waals surface area contributed by atoms with Gasteiger partial charge in [0.25, 0.3) is 0 Å². The van der Waals surface area contributed by atoms with Gasteiger partial charge in [-0.3, -0.25) is 9.48 Å². The van der Waals surface area contributed by atoms with E-state index in [1.165, 1.54) is 4.68 Å². The number of nitrogens with zero attached hydrogens (tertiary/aromatic N) is 4. The molecule has 0 fully saturated rings. The molecular formula is C9H8N4O. The van der Waals surface area contributed by atoms with Crippen LogP contribution < -0.4 is 0 Å². The van der Waals surface area contributed by atoms with Gasteiger partial charge in [0.15, 0.2) is 12.1 Å². The third-order valence-corrected chi connectivity index (χ3v) is 1.83. The molecule has 2 heterocycles. The van der Waals surface area contributed by atoms with Crippen molar-refractivity contribution in [3.63, 3.8) is 0 Å². The summed E-state index contributed by atoms with van der Waals surface area (Å²) in [6.45, 7) is 0. The van der Waals surface area contributed by atoms with Gasteiger partial charge in [0.05, 0.1) is 0 Å². The Balaban J connectivity index is 2.48. The van der Waals surface area contributed by atoms with E-state index in [9.17, 15) is 4.79 Å². The van der Waals surface area contributed by atoms with Crippen LogP contribution in [-0.4, -0.2) is 26.0 Å². The van der Waals surface area contributed by atoms with E-state index in [0.29, 0.717) is 17.2 Å².